The monoisotopic (exact) mass is 493 g/mol. The molecular formula is C26H27N3O3S2. The summed E-state index contributed by atoms with van der Waals surface area (Å²) in [6, 6.07) is 14.5. The quantitative estimate of drug-likeness (QED) is 0.351. The number of amides is 1. The normalized spacial score (nSPS) is 11.8. The number of hydrogen-bond donors (Lipinski definition) is 0. The second-order valence-corrected chi connectivity index (χ2v) is 12.2. The van der Waals surface area contributed by atoms with Crippen molar-refractivity contribution in [3.63, 3.8) is 0 Å². The Hall–Kier alpha value is -3.10. The lowest BCUT2D eigenvalue weighted by atomic mass is 10.1. The summed E-state index contributed by atoms with van der Waals surface area (Å²) in [6.45, 7) is 7.75. The zero-order valence-electron chi connectivity index (χ0n) is 19.6. The molecule has 0 spiro atoms. The highest BCUT2D eigenvalue weighted by Crippen LogP contribution is 2.33. The standard InChI is InChI=1S/C26H27N3O3S2/c1-17(2)34(31,32)22-9-7-20(8-10-22)14-24(30)29(16-21-6-5-11-27-15-21)26-28-23-13-18(3)12-19(4)25(23)33-26/h5-13,15,17H,14,16H2,1-4H3. The van der Waals surface area contributed by atoms with Crippen molar-refractivity contribution in [2.45, 2.75) is 50.8 Å². The summed E-state index contributed by atoms with van der Waals surface area (Å²) in [5.41, 5.74) is 4.79. The third-order valence-electron chi connectivity index (χ3n) is 5.63. The Kier molecular flexibility index (Phi) is 6.81. The van der Waals surface area contributed by atoms with E-state index in [4.69, 9.17) is 4.98 Å². The zero-order valence-corrected chi connectivity index (χ0v) is 21.3. The second kappa shape index (κ2) is 9.64. The van der Waals surface area contributed by atoms with Crippen LogP contribution in [0.1, 0.15) is 36.1 Å². The van der Waals surface area contributed by atoms with Gasteiger partial charge in [0.1, 0.15) is 0 Å². The van der Waals surface area contributed by atoms with Crippen LogP contribution in [-0.4, -0.2) is 29.5 Å². The first-order valence-corrected chi connectivity index (χ1v) is 13.4. The number of anilines is 1. The van der Waals surface area contributed by atoms with Gasteiger partial charge in [-0.3, -0.25) is 14.7 Å². The fourth-order valence-electron chi connectivity index (χ4n) is 3.76. The highest BCUT2D eigenvalue weighted by atomic mass is 32.2. The van der Waals surface area contributed by atoms with Crippen molar-refractivity contribution >= 4 is 42.4 Å². The van der Waals surface area contributed by atoms with Crippen molar-refractivity contribution in [2.24, 2.45) is 0 Å². The molecule has 0 saturated heterocycles. The summed E-state index contributed by atoms with van der Waals surface area (Å²) in [7, 11) is -3.36. The lowest BCUT2D eigenvalue weighted by Gasteiger charge is -2.20. The summed E-state index contributed by atoms with van der Waals surface area (Å²) >= 11 is 1.50. The Labute approximate surface area is 204 Å². The fraction of sp³-hybridized carbons (Fsp3) is 0.269. The van der Waals surface area contributed by atoms with Crippen molar-refractivity contribution in [3.8, 4) is 0 Å². The molecule has 0 aliphatic heterocycles. The van der Waals surface area contributed by atoms with Gasteiger partial charge < -0.3 is 0 Å². The van der Waals surface area contributed by atoms with Gasteiger partial charge in [-0.25, -0.2) is 13.4 Å². The number of aromatic nitrogens is 2. The van der Waals surface area contributed by atoms with Gasteiger partial charge >= 0.3 is 0 Å². The largest absolute Gasteiger partial charge is 0.283 e. The summed E-state index contributed by atoms with van der Waals surface area (Å²) in [5.74, 6) is -0.114. The Morgan fingerprint density at radius 3 is 2.44 bits per heavy atom. The van der Waals surface area contributed by atoms with Crippen molar-refractivity contribution in [3.05, 3.63) is 83.2 Å². The number of fused-ring (bicyclic) bond motifs is 1. The van der Waals surface area contributed by atoms with Gasteiger partial charge in [-0.15, -0.1) is 0 Å². The number of aryl methyl sites for hydroxylation is 2. The summed E-state index contributed by atoms with van der Waals surface area (Å²) < 4.78 is 25.9. The van der Waals surface area contributed by atoms with Gasteiger partial charge in [-0.1, -0.05) is 35.6 Å². The molecule has 4 aromatic rings. The van der Waals surface area contributed by atoms with E-state index in [0.29, 0.717) is 11.7 Å². The maximum atomic E-state index is 13.5. The van der Waals surface area contributed by atoms with Gasteiger partial charge in [-0.2, -0.15) is 0 Å². The molecule has 0 atom stereocenters. The fourth-order valence-corrected chi connectivity index (χ4v) is 5.85. The van der Waals surface area contributed by atoms with Crippen LogP contribution in [0.25, 0.3) is 10.2 Å². The summed E-state index contributed by atoms with van der Waals surface area (Å²) in [5, 5.41) is 0.137. The number of nitrogens with zero attached hydrogens (tertiary/aromatic N) is 3. The van der Waals surface area contributed by atoms with E-state index in [1.165, 1.54) is 11.3 Å². The maximum Gasteiger partial charge on any atom is 0.233 e. The predicted molar refractivity (Wildman–Crippen MR) is 137 cm³/mol. The topological polar surface area (TPSA) is 80.2 Å². The molecule has 176 valence electrons. The van der Waals surface area contributed by atoms with Crippen molar-refractivity contribution in [2.75, 3.05) is 4.90 Å². The molecule has 6 nitrogen and oxygen atoms in total. The van der Waals surface area contributed by atoms with E-state index in [2.05, 4.69) is 18.0 Å². The molecule has 2 aromatic carbocycles. The summed E-state index contributed by atoms with van der Waals surface area (Å²) in [4.78, 5) is 24.4. The Bertz CT molecular complexity index is 1430. The average molecular weight is 494 g/mol. The minimum Gasteiger partial charge on any atom is -0.283 e. The van der Waals surface area contributed by atoms with Gasteiger partial charge in [0.25, 0.3) is 0 Å². The van der Waals surface area contributed by atoms with E-state index in [1.54, 1.807) is 55.4 Å². The predicted octanol–water partition coefficient (Wildman–Crippen LogP) is 5.27. The number of rotatable bonds is 7. The van der Waals surface area contributed by atoms with Crippen LogP contribution < -0.4 is 4.90 Å². The first kappa shape index (κ1) is 24.0. The van der Waals surface area contributed by atoms with Gasteiger partial charge in [0.15, 0.2) is 15.0 Å². The minimum absolute atomic E-state index is 0.114. The van der Waals surface area contributed by atoms with Crippen LogP contribution in [0.3, 0.4) is 0 Å². The van der Waals surface area contributed by atoms with Crippen LogP contribution in [0.2, 0.25) is 0 Å². The van der Waals surface area contributed by atoms with E-state index in [9.17, 15) is 13.2 Å². The van der Waals surface area contributed by atoms with E-state index < -0.39 is 15.1 Å². The van der Waals surface area contributed by atoms with Crippen LogP contribution in [0.4, 0.5) is 5.13 Å². The number of pyridine rings is 1. The van der Waals surface area contributed by atoms with E-state index in [1.807, 2.05) is 25.1 Å². The smallest absolute Gasteiger partial charge is 0.233 e. The van der Waals surface area contributed by atoms with E-state index in [0.717, 1.165) is 32.5 Å². The SMILES string of the molecule is Cc1cc(C)c2sc(N(Cc3cccnc3)C(=O)Cc3ccc(S(=O)(=O)C(C)C)cc3)nc2c1. The highest BCUT2D eigenvalue weighted by molar-refractivity contribution is 7.92. The number of sulfone groups is 1. The molecule has 0 aliphatic carbocycles. The number of thiazole rings is 1. The minimum atomic E-state index is -3.36. The average Bonchev–Trinajstić information content (AvgIpc) is 3.22. The third-order valence-corrected chi connectivity index (χ3v) is 9.03. The van der Waals surface area contributed by atoms with Crippen molar-refractivity contribution < 1.29 is 13.2 Å². The molecule has 4 rings (SSSR count). The lowest BCUT2D eigenvalue weighted by molar-refractivity contribution is -0.118. The molecule has 0 saturated carbocycles. The molecule has 0 N–H and O–H groups in total. The van der Waals surface area contributed by atoms with Gasteiger partial charge in [0, 0.05) is 12.4 Å². The van der Waals surface area contributed by atoms with Crippen LogP contribution in [0.5, 0.6) is 0 Å². The van der Waals surface area contributed by atoms with Crippen LogP contribution in [-0.2, 0) is 27.6 Å². The molecule has 1 amide bonds. The first-order chi connectivity index (χ1) is 16.1. The molecule has 0 radical (unpaired) electrons. The van der Waals surface area contributed by atoms with Gasteiger partial charge in [0.05, 0.1) is 33.3 Å². The van der Waals surface area contributed by atoms with Gasteiger partial charge in [-0.05, 0) is 74.2 Å². The molecule has 2 heterocycles. The molecule has 0 unspecified atom stereocenters. The molecule has 0 aliphatic rings. The zero-order chi connectivity index (χ0) is 24.5. The van der Waals surface area contributed by atoms with E-state index >= 15 is 0 Å². The third kappa shape index (κ3) is 5.03. The second-order valence-electron chi connectivity index (χ2n) is 8.68. The molecule has 0 fully saturated rings. The van der Waals surface area contributed by atoms with Gasteiger partial charge in [0.2, 0.25) is 5.91 Å². The Morgan fingerprint density at radius 1 is 1.06 bits per heavy atom. The number of carbonyl (C=O) groups excluding carboxylic acids is 1. The maximum absolute atomic E-state index is 13.5. The van der Waals surface area contributed by atoms with Crippen molar-refractivity contribution in [1.29, 1.82) is 0 Å². The molecule has 8 heteroatoms. The summed E-state index contributed by atoms with van der Waals surface area (Å²) in [6.07, 6.45) is 3.58. The highest BCUT2D eigenvalue weighted by Gasteiger charge is 2.23. The van der Waals surface area contributed by atoms with Crippen molar-refractivity contribution in [1.82, 2.24) is 9.97 Å². The lowest BCUT2D eigenvalue weighted by Crippen LogP contribution is -2.31. The number of carbonyl (C=O) groups is 1. The Morgan fingerprint density at radius 2 is 1.79 bits per heavy atom. The van der Waals surface area contributed by atoms with E-state index in [-0.39, 0.29) is 17.2 Å². The molecular weight excluding hydrogens is 466 g/mol. The molecule has 2 aromatic heterocycles. The first-order valence-electron chi connectivity index (χ1n) is 11.0. The van der Waals surface area contributed by atoms with Crippen LogP contribution in [0.15, 0.2) is 65.8 Å². The molecule has 34 heavy (non-hydrogen) atoms. The van der Waals surface area contributed by atoms with Crippen LogP contribution in [0, 0.1) is 13.8 Å². The molecule has 0 bridgehead atoms. The Balaban J connectivity index is 1.65. The number of hydrogen-bond acceptors (Lipinski definition) is 6. The number of benzene rings is 2. The van der Waals surface area contributed by atoms with Crippen LogP contribution >= 0.6 is 11.3 Å².